The molecule has 0 bridgehead atoms. The summed E-state index contributed by atoms with van der Waals surface area (Å²) in [4.78, 5) is 11.9. The van der Waals surface area contributed by atoms with Gasteiger partial charge in [0.15, 0.2) is 0 Å². The summed E-state index contributed by atoms with van der Waals surface area (Å²) in [6.45, 7) is 5.45. The number of anilines is 1. The maximum atomic E-state index is 11.9. The molecule has 144 valence electrons. The summed E-state index contributed by atoms with van der Waals surface area (Å²) < 4.78 is 16.9. The molecule has 0 fully saturated rings. The Hall–Kier alpha value is -3.47. The number of rotatable bonds is 5. The highest BCUT2D eigenvalue weighted by molar-refractivity contribution is 5.85. The van der Waals surface area contributed by atoms with E-state index >= 15 is 0 Å². The predicted molar refractivity (Wildman–Crippen MR) is 109 cm³/mol. The van der Waals surface area contributed by atoms with Crippen molar-refractivity contribution in [1.29, 1.82) is 0 Å². The Morgan fingerprint density at radius 1 is 0.714 bits per heavy atom. The van der Waals surface area contributed by atoms with Gasteiger partial charge in [0.25, 0.3) is 0 Å². The minimum Gasteiger partial charge on any atom is -0.457 e. The van der Waals surface area contributed by atoms with E-state index in [1.807, 2.05) is 81.4 Å². The van der Waals surface area contributed by atoms with Gasteiger partial charge in [-0.3, -0.25) is 5.32 Å². The molecule has 0 aliphatic carbocycles. The lowest BCUT2D eigenvalue weighted by Gasteiger charge is -2.19. The maximum absolute atomic E-state index is 11.9. The molecule has 0 unspecified atom stereocenters. The number of carbonyl (C=O) groups is 1. The van der Waals surface area contributed by atoms with E-state index in [2.05, 4.69) is 5.32 Å². The molecule has 5 heteroatoms. The second-order valence-corrected chi connectivity index (χ2v) is 7.14. The predicted octanol–water partition coefficient (Wildman–Crippen LogP) is 6.62. The maximum Gasteiger partial charge on any atom is 0.412 e. The molecule has 3 aromatic rings. The molecule has 0 aliphatic rings. The van der Waals surface area contributed by atoms with Crippen molar-refractivity contribution in [1.82, 2.24) is 0 Å². The van der Waals surface area contributed by atoms with Crippen LogP contribution in [0.15, 0.2) is 78.9 Å². The molecular weight excluding hydrogens is 354 g/mol. The fraction of sp³-hybridized carbons (Fsp3) is 0.174. The van der Waals surface area contributed by atoms with Gasteiger partial charge >= 0.3 is 6.09 Å². The third-order valence-corrected chi connectivity index (χ3v) is 3.52. The first-order chi connectivity index (χ1) is 13.4. The number of carbonyl (C=O) groups excluding carboxylic acids is 1. The molecular formula is C23H23NO4. The van der Waals surface area contributed by atoms with Gasteiger partial charge in [0.1, 0.15) is 28.6 Å². The zero-order valence-corrected chi connectivity index (χ0v) is 16.1. The Morgan fingerprint density at radius 2 is 1.25 bits per heavy atom. The second kappa shape index (κ2) is 8.48. The molecule has 0 saturated carbocycles. The average Bonchev–Trinajstić information content (AvgIpc) is 2.63. The molecule has 0 aliphatic heterocycles. The van der Waals surface area contributed by atoms with Crippen LogP contribution in [0.25, 0.3) is 0 Å². The highest BCUT2D eigenvalue weighted by atomic mass is 16.6. The molecule has 0 spiro atoms. The summed E-state index contributed by atoms with van der Waals surface area (Å²) in [6.07, 6.45) is -0.507. The monoisotopic (exact) mass is 377 g/mol. The zero-order chi connectivity index (χ0) is 20.0. The third kappa shape index (κ3) is 6.06. The van der Waals surface area contributed by atoms with Crippen LogP contribution in [0.4, 0.5) is 10.5 Å². The molecule has 0 atom stereocenters. The van der Waals surface area contributed by atoms with Gasteiger partial charge in [-0.25, -0.2) is 4.79 Å². The van der Waals surface area contributed by atoms with Crippen molar-refractivity contribution in [3.05, 3.63) is 78.9 Å². The van der Waals surface area contributed by atoms with Crippen LogP contribution in [0, 0.1) is 0 Å². The number of amides is 1. The molecule has 28 heavy (non-hydrogen) atoms. The number of ether oxygens (including phenoxy) is 3. The standard InChI is InChI=1S/C23H23NO4/c1-23(2,3)28-22(25)24-17-8-7-11-21(16-17)27-20-14-12-19(13-15-20)26-18-9-5-4-6-10-18/h4-16H,1-3H3,(H,24,25). The van der Waals surface area contributed by atoms with E-state index in [0.29, 0.717) is 17.2 Å². The summed E-state index contributed by atoms with van der Waals surface area (Å²) in [5, 5.41) is 2.70. The van der Waals surface area contributed by atoms with E-state index in [9.17, 15) is 4.79 Å². The molecule has 0 aromatic heterocycles. The van der Waals surface area contributed by atoms with Crippen molar-refractivity contribution in [2.75, 3.05) is 5.32 Å². The Bertz CT molecular complexity index is 915. The molecule has 1 amide bonds. The van der Waals surface area contributed by atoms with Crippen molar-refractivity contribution in [2.24, 2.45) is 0 Å². The zero-order valence-electron chi connectivity index (χ0n) is 16.1. The lowest BCUT2D eigenvalue weighted by Crippen LogP contribution is -2.27. The SMILES string of the molecule is CC(C)(C)OC(=O)Nc1cccc(Oc2ccc(Oc3ccccc3)cc2)c1. The van der Waals surface area contributed by atoms with Crippen LogP contribution in [-0.4, -0.2) is 11.7 Å². The molecule has 1 N–H and O–H groups in total. The van der Waals surface area contributed by atoms with Gasteiger partial charge < -0.3 is 14.2 Å². The molecule has 3 aromatic carbocycles. The van der Waals surface area contributed by atoms with Gasteiger partial charge in [-0.2, -0.15) is 0 Å². The van der Waals surface area contributed by atoms with Gasteiger partial charge in [-0.05, 0) is 69.3 Å². The fourth-order valence-electron chi connectivity index (χ4n) is 2.40. The quantitative estimate of drug-likeness (QED) is 0.543. The van der Waals surface area contributed by atoms with Crippen LogP contribution >= 0.6 is 0 Å². The average molecular weight is 377 g/mol. The second-order valence-electron chi connectivity index (χ2n) is 7.14. The number of benzene rings is 3. The first kappa shape index (κ1) is 19.3. The first-order valence-electron chi connectivity index (χ1n) is 8.98. The summed E-state index contributed by atoms with van der Waals surface area (Å²) in [5.41, 5.74) is 0.0395. The summed E-state index contributed by atoms with van der Waals surface area (Å²) >= 11 is 0. The molecule has 5 nitrogen and oxygen atoms in total. The van der Waals surface area contributed by atoms with Crippen LogP contribution in [0.5, 0.6) is 23.0 Å². The smallest absolute Gasteiger partial charge is 0.412 e. The van der Waals surface area contributed by atoms with E-state index in [4.69, 9.17) is 14.2 Å². The van der Waals surface area contributed by atoms with E-state index in [-0.39, 0.29) is 0 Å². The summed E-state index contributed by atoms with van der Waals surface area (Å²) in [6, 6.07) is 24.0. The highest BCUT2D eigenvalue weighted by Gasteiger charge is 2.16. The van der Waals surface area contributed by atoms with Gasteiger partial charge in [0.05, 0.1) is 0 Å². The Kier molecular flexibility index (Phi) is 5.84. The molecule has 3 rings (SSSR count). The summed E-state index contributed by atoms with van der Waals surface area (Å²) in [5.74, 6) is 2.76. The molecule has 0 heterocycles. The normalized spacial score (nSPS) is 10.8. The van der Waals surface area contributed by atoms with Crippen LogP contribution in [0.2, 0.25) is 0 Å². The number of para-hydroxylation sites is 1. The van der Waals surface area contributed by atoms with Gasteiger partial charge in [0.2, 0.25) is 0 Å². The van der Waals surface area contributed by atoms with Crippen molar-refractivity contribution >= 4 is 11.8 Å². The number of hydrogen-bond acceptors (Lipinski definition) is 4. The Labute approximate surface area is 164 Å². The molecule has 0 radical (unpaired) electrons. The highest BCUT2D eigenvalue weighted by Crippen LogP contribution is 2.28. The Balaban J connectivity index is 1.61. The van der Waals surface area contributed by atoms with E-state index in [0.717, 1.165) is 11.5 Å². The van der Waals surface area contributed by atoms with Crippen LogP contribution < -0.4 is 14.8 Å². The third-order valence-electron chi connectivity index (χ3n) is 3.52. The van der Waals surface area contributed by atoms with Crippen LogP contribution in [0.3, 0.4) is 0 Å². The fourth-order valence-corrected chi connectivity index (χ4v) is 2.40. The van der Waals surface area contributed by atoms with Gasteiger partial charge in [-0.15, -0.1) is 0 Å². The van der Waals surface area contributed by atoms with Crippen molar-refractivity contribution < 1.29 is 19.0 Å². The first-order valence-corrected chi connectivity index (χ1v) is 8.98. The Morgan fingerprint density at radius 3 is 1.86 bits per heavy atom. The largest absolute Gasteiger partial charge is 0.457 e. The van der Waals surface area contributed by atoms with Gasteiger partial charge in [0, 0.05) is 11.8 Å². The van der Waals surface area contributed by atoms with E-state index < -0.39 is 11.7 Å². The number of nitrogens with one attached hydrogen (secondary N) is 1. The van der Waals surface area contributed by atoms with Crippen molar-refractivity contribution in [3.8, 4) is 23.0 Å². The van der Waals surface area contributed by atoms with E-state index in [1.165, 1.54) is 0 Å². The lowest BCUT2D eigenvalue weighted by molar-refractivity contribution is 0.0636. The van der Waals surface area contributed by atoms with Gasteiger partial charge in [-0.1, -0.05) is 24.3 Å². The molecule has 0 saturated heterocycles. The lowest BCUT2D eigenvalue weighted by atomic mass is 10.2. The van der Waals surface area contributed by atoms with Crippen LogP contribution in [-0.2, 0) is 4.74 Å². The topological polar surface area (TPSA) is 56.8 Å². The van der Waals surface area contributed by atoms with Crippen molar-refractivity contribution in [2.45, 2.75) is 26.4 Å². The number of hydrogen-bond donors (Lipinski definition) is 1. The summed E-state index contributed by atoms with van der Waals surface area (Å²) in [7, 11) is 0. The minimum absolute atomic E-state index is 0.507. The van der Waals surface area contributed by atoms with E-state index in [1.54, 1.807) is 18.2 Å². The van der Waals surface area contributed by atoms with Crippen LogP contribution in [0.1, 0.15) is 20.8 Å². The van der Waals surface area contributed by atoms with Crippen molar-refractivity contribution in [3.63, 3.8) is 0 Å². The minimum atomic E-state index is -0.554.